The zero-order valence-electron chi connectivity index (χ0n) is 18.6. The molecule has 5 heterocycles. The predicted molar refractivity (Wildman–Crippen MR) is 126 cm³/mol. The van der Waals surface area contributed by atoms with Crippen molar-refractivity contribution in [2.75, 3.05) is 43.4 Å². The third-order valence-electron chi connectivity index (χ3n) is 5.74. The van der Waals surface area contributed by atoms with Gasteiger partial charge in [-0.3, -0.25) is 14.5 Å². The number of nitrogens with one attached hydrogen (secondary N) is 1. The molecule has 1 fully saturated rings. The molecule has 0 atom stereocenters. The first kappa shape index (κ1) is 21.0. The number of nitrogens with zero attached hydrogens (tertiary/aromatic N) is 8. The van der Waals surface area contributed by atoms with Crippen molar-refractivity contribution >= 4 is 28.4 Å². The summed E-state index contributed by atoms with van der Waals surface area (Å²) in [5, 5.41) is 11.9. The smallest absolute Gasteiger partial charge is 0.229 e. The van der Waals surface area contributed by atoms with Crippen LogP contribution in [-0.2, 0) is 18.3 Å². The van der Waals surface area contributed by atoms with Crippen molar-refractivity contribution in [1.82, 2.24) is 34.8 Å². The van der Waals surface area contributed by atoms with Crippen molar-refractivity contribution in [3.05, 3.63) is 54.6 Å². The number of likely N-dealkylation sites (N-methyl/N-ethyl adjacent to an activating group) is 1. The first-order valence-corrected chi connectivity index (χ1v) is 10.8. The Morgan fingerprint density at radius 3 is 2.67 bits per heavy atom. The van der Waals surface area contributed by atoms with Gasteiger partial charge in [0.05, 0.1) is 24.3 Å². The number of amides is 1. The highest BCUT2D eigenvalue weighted by atomic mass is 16.1. The van der Waals surface area contributed by atoms with Crippen LogP contribution in [0.1, 0.15) is 5.56 Å². The molecule has 168 valence electrons. The summed E-state index contributed by atoms with van der Waals surface area (Å²) in [6.07, 6.45) is 7.25. The second kappa shape index (κ2) is 8.91. The summed E-state index contributed by atoms with van der Waals surface area (Å²) in [5.74, 6) is 1.27. The minimum absolute atomic E-state index is 0.129. The average molecular weight is 444 g/mol. The number of carbonyl (C=O) groups is 1. The van der Waals surface area contributed by atoms with Crippen LogP contribution in [-0.4, -0.2) is 74.0 Å². The van der Waals surface area contributed by atoms with Gasteiger partial charge in [-0.2, -0.15) is 0 Å². The van der Waals surface area contributed by atoms with Gasteiger partial charge >= 0.3 is 0 Å². The van der Waals surface area contributed by atoms with Crippen molar-refractivity contribution in [3.8, 4) is 11.3 Å². The predicted octanol–water partition coefficient (Wildman–Crippen LogP) is 1.75. The number of aromatic nitrogens is 6. The highest BCUT2D eigenvalue weighted by Gasteiger charge is 2.16. The summed E-state index contributed by atoms with van der Waals surface area (Å²) < 4.78 is 1.64. The summed E-state index contributed by atoms with van der Waals surface area (Å²) in [7, 11) is 3.94. The maximum Gasteiger partial charge on any atom is 0.229 e. The van der Waals surface area contributed by atoms with Gasteiger partial charge in [-0.1, -0.05) is 5.21 Å². The first-order chi connectivity index (χ1) is 16.0. The number of piperazine rings is 1. The largest absolute Gasteiger partial charge is 0.354 e. The van der Waals surface area contributed by atoms with Crippen LogP contribution in [0.4, 0.5) is 11.6 Å². The van der Waals surface area contributed by atoms with Crippen molar-refractivity contribution in [2.24, 2.45) is 7.05 Å². The van der Waals surface area contributed by atoms with Gasteiger partial charge in [-0.15, -0.1) is 5.10 Å². The number of aryl methyl sites for hydroxylation is 1. The van der Waals surface area contributed by atoms with Crippen molar-refractivity contribution in [1.29, 1.82) is 0 Å². The van der Waals surface area contributed by atoms with Crippen LogP contribution in [0.3, 0.4) is 0 Å². The number of anilines is 2. The first-order valence-electron chi connectivity index (χ1n) is 10.8. The molecule has 1 N–H and O–H groups in total. The normalized spacial score (nSPS) is 14.5. The molecular formula is C23H25N9O. The molecule has 1 aliphatic rings. The van der Waals surface area contributed by atoms with E-state index in [0.29, 0.717) is 5.82 Å². The lowest BCUT2D eigenvalue weighted by atomic mass is 10.1. The maximum absolute atomic E-state index is 12.7. The van der Waals surface area contributed by atoms with E-state index in [4.69, 9.17) is 0 Å². The Balaban J connectivity index is 1.28. The lowest BCUT2D eigenvalue weighted by molar-refractivity contribution is -0.115. The number of pyridine rings is 3. The van der Waals surface area contributed by atoms with Crippen molar-refractivity contribution in [2.45, 2.75) is 6.42 Å². The molecular weight excluding hydrogens is 418 g/mol. The minimum Gasteiger partial charge on any atom is -0.354 e. The molecule has 10 nitrogen and oxygen atoms in total. The molecule has 0 unspecified atom stereocenters. The van der Waals surface area contributed by atoms with Gasteiger partial charge in [0.2, 0.25) is 5.91 Å². The molecule has 0 saturated carbocycles. The van der Waals surface area contributed by atoms with Crippen LogP contribution in [0.2, 0.25) is 0 Å². The van der Waals surface area contributed by atoms with Crippen molar-refractivity contribution < 1.29 is 4.79 Å². The highest BCUT2D eigenvalue weighted by Crippen LogP contribution is 2.22. The van der Waals surface area contributed by atoms with E-state index >= 15 is 0 Å². The molecule has 0 aromatic carbocycles. The molecule has 5 rings (SSSR count). The molecule has 0 radical (unpaired) electrons. The molecule has 4 aromatic heterocycles. The fourth-order valence-electron chi connectivity index (χ4n) is 3.87. The molecule has 4 aromatic rings. The molecule has 1 saturated heterocycles. The average Bonchev–Trinajstić information content (AvgIpc) is 3.25. The van der Waals surface area contributed by atoms with E-state index in [2.05, 4.69) is 47.4 Å². The third kappa shape index (κ3) is 4.80. The number of hydrogen-bond acceptors (Lipinski definition) is 8. The van der Waals surface area contributed by atoms with E-state index in [-0.39, 0.29) is 12.3 Å². The molecule has 1 aliphatic heterocycles. The molecule has 1 amide bonds. The maximum atomic E-state index is 12.7. The molecule has 0 spiro atoms. The summed E-state index contributed by atoms with van der Waals surface area (Å²) in [4.78, 5) is 30.6. The Morgan fingerprint density at radius 2 is 1.88 bits per heavy atom. The standard InChI is InChI=1S/C23H25N9O/c1-30-5-7-32(8-6-30)22-9-16(3-4-24-22)10-23(33)27-21-12-17-11-18(13-25-19(17)14-26-21)20-15-31(2)29-28-20/h3-4,9,11-15H,5-8,10H2,1-2H3,(H,26,27,33). The van der Waals surface area contributed by atoms with E-state index in [1.807, 2.05) is 37.5 Å². The van der Waals surface area contributed by atoms with Crippen LogP contribution in [0.15, 0.2) is 49.1 Å². The number of hydrogen-bond donors (Lipinski definition) is 1. The second-order valence-electron chi connectivity index (χ2n) is 8.30. The summed E-state index contributed by atoms with van der Waals surface area (Å²) in [5.41, 5.74) is 3.26. The summed E-state index contributed by atoms with van der Waals surface area (Å²) in [6, 6.07) is 7.66. The lowest BCUT2D eigenvalue weighted by Gasteiger charge is -2.33. The highest BCUT2D eigenvalue weighted by molar-refractivity contribution is 5.93. The summed E-state index contributed by atoms with van der Waals surface area (Å²) in [6.45, 7) is 3.89. The fourth-order valence-corrected chi connectivity index (χ4v) is 3.87. The van der Waals surface area contributed by atoms with E-state index in [0.717, 1.165) is 59.7 Å². The number of fused-ring (bicyclic) bond motifs is 1. The second-order valence-corrected chi connectivity index (χ2v) is 8.30. The van der Waals surface area contributed by atoms with E-state index < -0.39 is 0 Å². The molecule has 0 aliphatic carbocycles. The van der Waals surface area contributed by atoms with E-state index in [1.165, 1.54) is 0 Å². The summed E-state index contributed by atoms with van der Waals surface area (Å²) >= 11 is 0. The Morgan fingerprint density at radius 1 is 1.03 bits per heavy atom. The van der Waals surface area contributed by atoms with E-state index in [1.54, 1.807) is 23.3 Å². The van der Waals surface area contributed by atoms with Crippen molar-refractivity contribution in [3.63, 3.8) is 0 Å². The monoisotopic (exact) mass is 443 g/mol. The van der Waals surface area contributed by atoms with Gasteiger partial charge in [0.1, 0.15) is 17.3 Å². The molecule has 33 heavy (non-hydrogen) atoms. The van der Waals surface area contributed by atoms with Crippen LogP contribution in [0, 0.1) is 0 Å². The van der Waals surface area contributed by atoms with Gasteiger partial charge in [-0.25, -0.2) is 9.97 Å². The molecule has 0 bridgehead atoms. The number of carbonyl (C=O) groups excluding carboxylic acids is 1. The van der Waals surface area contributed by atoms with Crippen LogP contribution in [0.25, 0.3) is 22.2 Å². The van der Waals surface area contributed by atoms with Crippen LogP contribution in [0.5, 0.6) is 0 Å². The number of rotatable bonds is 5. The van der Waals surface area contributed by atoms with E-state index in [9.17, 15) is 4.79 Å². The van der Waals surface area contributed by atoms with Crippen LogP contribution < -0.4 is 10.2 Å². The van der Waals surface area contributed by atoms with Gasteiger partial charge in [0.25, 0.3) is 0 Å². The SMILES string of the molecule is CN1CCN(c2cc(CC(=O)Nc3cc4cc(-c5cn(C)nn5)cnc4cn3)ccn2)CC1. The Kier molecular flexibility index (Phi) is 5.66. The quantitative estimate of drug-likeness (QED) is 0.497. The van der Waals surface area contributed by atoms with Gasteiger partial charge in [0, 0.05) is 56.6 Å². The van der Waals surface area contributed by atoms with Gasteiger partial charge in [-0.05, 0) is 36.9 Å². The lowest BCUT2D eigenvalue weighted by Crippen LogP contribution is -2.44. The zero-order valence-corrected chi connectivity index (χ0v) is 18.6. The molecule has 10 heteroatoms. The minimum atomic E-state index is -0.129. The van der Waals surface area contributed by atoms with Gasteiger partial charge < -0.3 is 15.1 Å². The van der Waals surface area contributed by atoms with Crippen LogP contribution >= 0.6 is 0 Å². The Bertz CT molecular complexity index is 1290. The Labute approximate surface area is 191 Å². The Hall–Kier alpha value is -3.92. The van der Waals surface area contributed by atoms with Gasteiger partial charge in [0.15, 0.2) is 0 Å². The fraction of sp³-hybridized carbons (Fsp3) is 0.304. The third-order valence-corrected chi connectivity index (χ3v) is 5.74. The zero-order chi connectivity index (χ0) is 22.8. The topological polar surface area (TPSA) is 105 Å².